The Kier molecular flexibility index (Phi) is 4.08. The van der Waals surface area contributed by atoms with Gasteiger partial charge in [-0.05, 0) is 41.3 Å². The number of phenolic OH excluding ortho intramolecular Hbond substituents is 2. The molecule has 0 heterocycles. The van der Waals surface area contributed by atoms with E-state index in [4.69, 9.17) is 0 Å². The van der Waals surface area contributed by atoms with Gasteiger partial charge in [0.1, 0.15) is 17.3 Å². The van der Waals surface area contributed by atoms with Crippen LogP contribution in [-0.2, 0) is 0 Å². The van der Waals surface area contributed by atoms with E-state index >= 15 is 0 Å². The molecule has 2 aromatic rings. The Morgan fingerprint density at radius 1 is 0.950 bits per heavy atom. The van der Waals surface area contributed by atoms with Crippen LogP contribution >= 0.6 is 0 Å². The maximum absolute atomic E-state index is 13.0. The third-order valence-electron chi connectivity index (χ3n) is 3.05. The van der Waals surface area contributed by atoms with E-state index in [2.05, 4.69) is 0 Å². The summed E-state index contributed by atoms with van der Waals surface area (Å²) in [7, 11) is 0. The second-order valence-corrected chi connectivity index (χ2v) is 5.02. The van der Waals surface area contributed by atoms with Crippen LogP contribution in [0.3, 0.4) is 0 Å². The van der Waals surface area contributed by atoms with Crippen molar-refractivity contribution in [2.45, 2.75) is 19.8 Å². The van der Waals surface area contributed by atoms with Gasteiger partial charge in [-0.2, -0.15) is 0 Å². The summed E-state index contributed by atoms with van der Waals surface area (Å²) in [6, 6.07) is 9.38. The van der Waals surface area contributed by atoms with E-state index in [-0.39, 0.29) is 23.2 Å². The van der Waals surface area contributed by atoms with Crippen molar-refractivity contribution >= 4 is 12.2 Å². The fraction of sp³-hybridized carbons (Fsp3) is 0.176. The van der Waals surface area contributed by atoms with Gasteiger partial charge >= 0.3 is 0 Å². The number of benzene rings is 2. The number of hydrogen-bond acceptors (Lipinski definition) is 2. The van der Waals surface area contributed by atoms with Crippen molar-refractivity contribution in [2.75, 3.05) is 0 Å². The fourth-order valence-electron chi connectivity index (χ4n) is 2.13. The number of rotatable bonds is 3. The lowest BCUT2D eigenvalue weighted by Gasteiger charge is -2.11. The fourth-order valence-corrected chi connectivity index (χ4v) is 2.13. The molecule has 0 radical (unpaired) electrons. The highest BCUT2D eigenvalue weighted by Crippen LogP contribution is 2.35. The summed E-state index contributed by atoms with van der Waals surface area (Å²) in [4.78, 5) is 0. The van der Waals surface area contributed by atoms with Gasteiger partial charge in [0, 0.05) is 5.56 Å². The topological polar surface area (TPSA) is 40.5 Å². The smallest absolute Gasteiger partial charge is 0.123 e. The average Bonchev–Trinajstić information content (AvgIpc) is 2.35. The van der Waals surface area contributed by atoms with Gasteiger partial charge < -0.3 is 10.2 Å². The quantitative estimate of drug-likeness (QED) is 0.806. The highest BCUT2D eigenvalue weighted by molar-refractivity contribution is 5.71. The van der Waals surface area contributed by atoms with Crippen LogP contribution in [0, 0.1) is 5.82 Å². The molecule has 0 saturated heterocycles. The average molecular weight is 272 g/mol. The molecule has 0 aliphatic rings. The summed E-state index contributed by atoms with van der Waals surface area (Å²) in [6.07, 6.45) is 3.45. The Balaban J connectivity index is 2.31. The maximum atomic E-state index is 13.0. The molecule has 0 fully saturated rings. The molecule has 0 saturated carbocycles. The first-order valence-corrected chi connectivity index (χ1v) is 6.47. The molecule has 0 bridgehead atoms. The lowest BCUT2D eigenvalue weighted by Crippen LogP contribution is -1.90. The van der Waals surface area contributed by atoms with Crippen molar-refractivity contribution in [2.24, 2.45) is 0 Å². The van der Waals surface area contributed by atoms with E-state index in [0.717, 1.165) is 5.56 Å². The Morgan fingerprint density at radius 2 is 1.55 bits per heavy atom. The second-order valence-electron chi connectivity index (χ2n) is 5.02. The van der Waals surface area contributed by atoms with E-state index in [1.807, 2.05) is 13.8 Å². The van der Waals surface area contributed by atoms with E-state index < -0.39 is 0 Å². The minimum absolute atomic E-state index is 0.0382. The summed E-state index contributed by atoms with van der Waals surface area (Å²) < 4.78 is 13.0. The summed E-state index contributed by atoms with van der Waals surface area (Å²) >= 11 is 0. The van der Waals surface area contributed by atoms with E-state index in [1.165, 1.54) is 12.1 Å². The second kappa shape index (κ2) is 5.78. The highest BCUT2D eigenvalue weighted by atomic mass is 19.1. The molecule has 2 rings (SSSR count). The highest BCUT2D eigenvalue weighted by Gasteiger charge is 2.12. The predicted molar refractivity (Wildman–Crippen MR) is 79.2 cm³/mol. The van der Waals surface area contributed by atoms with Crippen molar-refractivity contribution in [3.05, 3.63) is 58.9 Å². The number of aromatic hydroxyl groups is 2. The zero-order valence-electron chi connectivity index (χ0n) is 11.5. The summed E-state index contributed by atoms with van der Waals surface area (Å²) in [5.74, 6) is -0.123. The molecule has 0 aromatic heterocycles. The Hall–Kier alpha value is -2.29. The van der Waals surface area contributed by atoms with Crippen LogP contribution in [0.5, 0.6) is 11.5 Å². The maximum Gasteiger partial charge on any atom is 0.123 e. The van der Waals surface area contributed by atoms with E-state index in [1.54, 1.807) is 36.4 Å². The molecule has 2 N–H and O–H groups in total. The van der Waals surface area contributed by atoms with E-state index in [9.17, 15) is 14.6 Å². The summed E-state index contributed by atoms with van der Waals surface area (Å²) in [5.41, 5.74) is 1.92. The van der Waals surface area contributed by atoms with Gasteiger partial charge in [0.15, 0.2) is 0 Å². The largest absolute Gasteiger partial charge is 0.507 e. The first kappa shape index (κ1) is 14.1. The normalized spacial score (nSPS) is 11.4. The van der Waals surface area contributed by atoms with Gasteiger partial charge in [-0.25, -0.2) is 4.39 Å². The van der Waals surface area contributed by atoms with Crippen molar-refractivity contribution in [3.63, 3.8) is 0 Å². The van der Waals surface area contributed by atoms with Crippen molar-refractivity contribution in [3.8, 4) is 11.5 Å². The van der Waals surface area contributed by atoms with Crippen LogP contribution < -0.4 is 0 Å². The van der Waals surface area contributed by atoms with Gasteiger partial charge in [0.05, 0.1) is 0 Å². The minimum Gasteiger partial charge on any atom is -0.507 e. The van der Waals surface area contributed by atoms with Crippen molar-refractivity contribution in [1.82, 2.24) is 0 Å². The molecule has 0 unspecified atom stereocenters. The van der Waals surface area contributed by atoms with Crippen LogP contribution in [0.25, 0.3) is 12.2 Å². The molecule has 20 heavy (non-hydrogen) atoms. The molecule has 0 spiro atoms. The Bertz CT molecular complexity index is 622. The molecular weight excluding hydrogens is 255 g/mol. The summed E-state index contributed by atoms with van der Waals surface area (Å²) in [6.45, 7) is 3.80. The molecule has 0 amide bonds. The van der Waals surface area contributed by atoms with Gasteiger partial charge in [0.2, 0.25) is 0 Å². The molecule has 2 nitrogen and oxygen atoms in total. The van der Waals surface area contributed by atoms with Crippen LogP contribution in [0.4, 0.5) is 4.39 Å². The van der Waals surface area contributed by atoms with Crippen LogP contribution in [0.1, 0.15) is 36.5 Å². The van der Waals surface area contributed by atoms with Crippen LogP contribution in [0.2, 0.25) is 0 Å². The zero-order valence-corrected chi connectivity index (χ0v) is 11.5. The zero-order chi connectivity index (χ0) is 14.7. The number of halogens is 1. The van der Waals surface area contributed by atoms with Crippen molar-refractivity contribution < 1.29 is 14.6 Å². The third-order valence-corrected chi connectivity index (χ3v) is 3.05. The van der Waals surface area contributed by atoms with Gasteiger partial charge in [0.25, 0.3) is 0 Å². The first-order valence-electron chi connectivity index (χ1n) is 6.47. The molecular formula is C17H17FO2. The van der Waals surface area contributed by atoms with Gasteiger partial charge in [-0.3, -0.25) is 0 Å². The standard InChI is InChI=1S/C17H17FO2/c1-11(2)17-15(19)9-13(10-16(17)20)7-6-12-4-3-5-14(18)8-12/h3-11,19-20H,1-2H3. The predicted octanol–water partition coefficient (Wildman–Crippen LogP) is 4.53. The lowest BCUT2D eigenvalue weighted by atomic mass is 9.98. The molecule has 0 atom stereocenters. The summed E-state index contributed by atoms with van der Waals surface area (Å²) in [5, 5.41) is 19.9. The lowest BCUT2D eigenvalue weighted by molar-refractivity contribution is 0.433. The number of hydrogen-bond donors (Lipinski definition) is 2. The van der Waals surface area contributed by atoms with Crippen LogP contribution in [0.15, 0.2) is 36.4 Å². The third kappa shape index (κ3) is 3.18. The van der Waals surface area contributed by atoms with Crippen LogP contribution in [-0.4, -0.2) is 10.2 Å². The monoisotopic (exact) mass is 272 g/mol. The van der Waals surface area contributed by atoms with Gasteiger partial charge in [-0.1, -0.05) is 38.1 Å². The van der Waals surface area contributed by atoms with Gasteiger partial charge in [-0.15, -0.1) is 0 Å². The molecule has 3 heteroatoms. The van der Waals surface area contributed by atoms with E-state index in [0.29, 0.717) is 11.1 Å². The number of phenols is 2. The SMILES string of the molecule is CC(C)c1c(O)cc(C=Cc2cccc(F)c2)cc1O. The molecule has 0 aliphatic heterocycles. The molecule has 2 aromatic carbocycles. The minimum atomic E-state index is -0.298. The molecule has 104 valence electrons. The molecule has 0 aliphatic carbocycles. The Labute approximate surface area is 117 Å². The van der Waals surface area contributed by atoms with Crippen molar-refractivity contribution in [1.29, 1.82) is 0 Å². The Morgan fingerprint density at radius 3 is 2.10 bits per heavy atom. The first-order chi connectivity index (χ1) is 9.47.